The van der Waals surface area contributed by atoms with E-state index in [9.17, 15) is 4.79 Å². The highest BCUT2D eigenvalue weighted by molar-refractivity contribution is 5.79. The minimum Gasteiger partial charge on any atom is -0.356 e. The fourth-order valence-corrected chi connectivity index (χ4v) is 4.55. The van der Waals surface area contributed by atoms with E-state index < -0.39 is 0 Å². The van der Waals surface area contributed by atoms with Crippen molar-refractivity contribution in [3.63, 3.8) is 0 Å². The van der Waals surface area contributed by atoms with Crippen molar-refractivity contribution in [3.05, 3.63) is 29.5 Å². The summed E-state index contributed by atoms with van der Waals surface area (Å²) in [5.74, 6) is 2.49. The third-order valence-electron chi connectivity index (χ3n) is 6.28. The zero-order chi connectivity index (χ0) is 20.6. The van der Waals surface area contributed by atoms with E-state index in [-0.39, 0.29) is 11.3 Å². The van der Waals surface area contributed by atoms with Gasteiger partial charge in [-0.1, -0.05) is 38.8 Å². The van der Waals surface area contributed by atoms with Gasteiger partial charge in [0.2, 0.25) is 5.91 Å². The van der Waals surface area contributed by atoms with Crippen LogP contribution < -0.4 is 0 Å². The van der Waals surface area contributed by atoms with Gasteiger partial charge in [-0.05, 0) is 32.6 Å². The Morgan fingerprint density at radius 2 is 1.83 bits per heavy atom. The van der Waals surface area contributed by atoms with E-state index >= 15 is 0 Å². The summed E-state index contributed by atoms with van der Waals surface area (Å²) in [6.45, 7) is 9.94. The van der Waals surface area contributed by atoms with Gasteiger partial charge in [-0.3, -0.25) is 4.79 Å². The van der Waals surface area contributed by atoms with E-state index in [0.717, 1.165) is 67.3 Å². The smallest absolute Gasteiger partial charge is 0.225 e. The molecule has 2 aromatic heterocycles. The maximum atomic E-state index is 12.8. The molecule has 4 rings (SSSR count). The first kappa shape index (κ1) is 20.0. The number of carbonyl (C=O) groups excluding carboxylic acids is 1. The molecule has 2 aliphatic rings. The van der Waals surface area contributed by atoms with Crippen LogP contribution >= 0.6 is 0 Å². The van der Waals surface area contributed by atoms with Gasteiger partial charge in [0.25, 0.3) is 0 Å². The second kappa shape index (κ2) is 7.88. The first-order valence-electron chi connectivity index (χ1n) is 10.9. The van der Waals surface area contributed by atoms with Gasteiger partial charge in [-0.25, -0.2) is 9.97 Å². The van der Waals surface area contributed by atoms with Gasteiger partial charge in [0, 0.05) is 42.6 Å². The van der Waals surface area contributed by atoms with Crippen molar-refractivity contribution in [1.82, 2.24) is 20.0 Å². The van der Waals surface area contributed by atoms with Gasteiger partial charge in [0.1, 0.15) is 5.82 Å². The van der Waals surface area contributed by atoms with Crippen LogP contribution in [0.5, 0.6) is 0 Å². The van der Waals surface area contributed by atoms with Gasteiger partial charge >= 0.3 is 0 Å². The van der Waals surface area contributed by atoms with E-state index in [4.69, 9.17) is 9.51 Å². The van der Waals surface area contributed by atoms with Gasteiger partial charge in [-0.15, -0.1) is 0 Å². The van der Waals surface area contributed by atoms with E-state index in [1.54, 1.807) is 0 Å². The third-order valence-corrected chi connectivity index (χ3v) is 6.28. The normalized spacial score (nSPS) is 19.1. The molecule has 1 saturated heterocycles. The lowest BCUT2D eigenvalue weighted by atomic mass is 9.88. The molecule has 2 aromatic rings. The fourth-order valence-electron chi connectivity index (χ4n) is 4.55. The fraction of sp³-hybridized carbons (Fsp3) is 0.652. The van der Waals surface area contributed by atoms with Crippen molar-refractivity contribution in [2.45, 2.75) is 77.6 Å². The quantitative estimate of drug-likeness (QED) is 0.756. The van der Waals surface area contributed by atoms with E-state index in [1.807, 2.05) is 19.2 Å². The van der Waals surface area contributed by atoms with Gasteiger partial charge in [0.15, 0.2) is 5.76 Å². The number of piperidine rings is 1. The standard InChI is InChI=1S/C23H32N4O2/c1-15-13-19(29-26-15)18-14-24-22(23(2,3)4)25-20(18)16-9-11-27(12-10-16)21(28)17-7-5-6-8-17/h13-14,16-17H,5-12H2,1-4H3. The SMILES string of the molecule is Cc1cc(-c2cnc(C(C)(C)C)nc2C2CCN(C(=O)C3CCCC3)CC2)on1. The van der Waals surface area contributed by atoms with Crippen LogP contribution in [0.1, 0.15) is 82.4 Å². The first-order chi connectivity index (χ1) is 13.8. The van der Waals surface area contributed by atoms with Crippen LogP contribution in [0.15, 0.2) is 16.8 Å². The summed E-state index contributed by atoms with van der Waals surface area (Å²) in [5.41, 5.74) is 2.69. The molecule has 6 nitrogen and oxygen atoms in total. The molecule has 0 unspecified atom stereocenters. The van der Waals surface area contributed by atoms with Crippen molar-refractivity contribution in [2.24, 2.45) is 5.92 Å². The lowest BCUT2D eigenvalue weighted by Gasteiger charge is -2.34. The van der Waals surface area contributed by atoms with E-state index in [1.165, 1.54) is 12.8 Å². The van der Waals surface area contributed by atoms with Gasteiger partial charge in [-0.2, -0.15) is 0 Å². The largest absolute Gasteiger partial charge is 0.356 e. The van der Waals surface area contributed by atoms with Crippen LogP contribution in [-0.2, 0) is 10.2 Å². The molecule has 0 N–H and O–H groups in total. The molecule has 0 radical (unpaired) electrons. The Morgan fingerprint density at radius 1 is 1.14 bits per heavy atom. The number of aromatic nitrogens is 3. The van der Waals surface area contributed by atoms with E-state index in [2.05, 4.69) is 35.8 Å². The summed E-state index contributed by atoms with van der Waals surface area (Å²) in [4.78, 5) is 24.5. The number of hydrogen-bond donors (Lipinski definition) is 0. The lowest BCUT2D eigenvalue weighted by Crippen LogP contribution is -2.41. The molecule has 0 atom stereocenters. The monoisotopic (exact) mass is 396 g/mol. The molecule has 3 heterocycles. The van der Waals surface area contributed by atoms with E-state index in [0.29, 0.717) is 11.8 Å². The number of rotatable bonds is 3. The zero-order valence-corrected chi connectivity index (χ0v) is 18.1. The molecular weight excluding hydrogens is 364 g/mol. The number of likely N-dealkylation sites (tertiary alicyclic amines) is 1. The Bertz CT molecular complexity index is 869. The van der Waals surface area contributed by atoms with Crippen LogP contribution in [0.2, 0.25) is 0 Å². The Balaban J connectivity index is 1.57. The highest BCUT2D eigenvalue weighted by atomic mass is 16.5. The van der Waals surface area contributed by atoms with Crippen molar-refractivity contribution >= 4 is 5.91 Å². The predicted molar refractivity (Wildman–Crippen MR) is 111 cm³/mol. The molecule has 6 heteroatoms. The molecule has 1 saturated carbocycles. The van der Waals surface area contributed by atoms with Gasteiger partial charge < -0.3 is 9.42 Å². The Kier molecular flexibility index (Phi) is 5.45. The molecule has 1 aliphatic heterocycles. The molecular formula is C23H32N4O2. The minimum absolute atomic E-state index is 0.121. The van der Waals surface area contributed by atoms with Crippen LogP contribution in [0.4, 0.5) is 0 Å². The molecule has 156 valence electrons. The summed E-state index contributed by atoms with van der Waals surface area (Å²) >= 11 is 0. The Labute approximate surface area is 173 Å². The van der Waals surface area contributed by atoms with Crippen molar-refractivity contribution in [3.8, 4) is 11.3 Å². The Hall–Kier alpha value is -2.24. The number of aryl methyl sites for hydroxylation is 1. The summed E-state index contributed by atoms with van der Waals surface area (Å²) in [7, 11) is 0. The lowest BCUT2D eigenvalue weighted by molar-refractivity contribution is -0.136. The van der Waals surface area contributed by atoms with Crippen LogP contribution in [0.3, 0.4) is 0 Å². The van der Waals surface area contributed by atoms with Crippen molar-refractivity contribution in [1.29, 1.82) is 0 Å². The topological polar surface area (TPSA) is 72.1 Å². The molecule has 29 heavy (non-hydrogen) atoms. The number of carbonyl (C=O) groups is 1. The summed E-state index contributed by atoms with van der Waals surface area (Å²) in [6, 6.07) is 1.94. The maximum Gasteiger partial charge on any atom is 0.225 e. The minimum atomic E-state index is -0.121. The van der Waals surface area contributed by atoms with Crippen LogP contribution in [-0.4, -0.2) is 39.0 Å². The second-order valence-corrected chi connectivity index (χ2v) is 9.66. The average molecular weight is 397 g/mol. The highest BCUT2D eigenvalue weighted by Gasteiger charge is 2.32. The average Bonchev–Trinajstić information content (AvgIpc) is 3.38. The van der Waals surface area contributed by atoms with Crippen molar-refractivity contribution in [2.75, 3.05) is 13.1 Å². The first-order valence-corrected chi connectivity index (χ1v) is 10.9. The van der Waals surface area contributed by atoms with Crippen LogP contribution in [0.25, 0.3) is 11.3 Å². The molecule has 1 aliphatic carbocycles. The second-order valence-electron chi connectivity index (χ2n) is 9.66. The molecule has 0 aromatic carbocycles. The summed E-state index contributed by atoms with van der Waals surface area (Å²) in [5, 5.41) is 4.05. The zero-order valence-electron chi connectivity index (χ0n) is 18.1. The molecule has 1 amide bonds. The summed E-state index contributed by atoms with van der Waals surface area (Å²) in [6.07, 6.45) is 8.27. The third kappa shape index (κ3) is 4.21. The number of nitrogens with zero attached hydrogens (tertiary/aromatic N) is 4. The number of hydrogen-bond acceptors (Lipinski definition) is 5. The van der Waals surface area contributed by atoms with Crippen molar-refractivity contribution < 1.29 is 9.32 Å². The van der Waals surface area contributed by atoms with Crippen LogP contribution in [0, 0.1) is 12.8 Å². The van der Waals surface area contributed by atoms with Gasteiger partial charge in [0.05, 0.1) is 17.0 Å². The summed E-state index contributed by atoms with van der Waals surface area (Å²) < 4.78 is 5.54. The predicted octanol–water partition coefficient (Wildman–Crippen LogP) is 4.63. The molecule has 0 bridgehead atoms. The maximum absolute atomic E-state index is 12.8. The highest BCUT2D eigenvalue weighted by Crippen LogP contribution is 2.36. The molecule has 0 spiro atoms. The number of amides is 1. The Morgan fingerprint density at radius 3 is 2.41 bits per heavy atom. The molecule has 2 fully saturated rings.